The maximum Gasteiger partial charge on any atom is 0.145 e. The smallest absolute Gasteiger partial charge is 0.145 e. The van der Waals surface area contributed by atoms with Gasteiger partial charge >= 0.3 is 0 Å². The van der Waals surface area contributed by atoms with Gasteiger partial charge in [-0.1, -0.05) is 13.0 Å². The molecule has 21 heavy (non-hydrogen) atoms. The first-order valence-electron chi connectivity index (χ1n) is 6.58. The molecule has 1 unspecified atom stereocenters. The molecule has 5 heteroatoms. The molecule has 2 rings (SSSR count). The Morgan fingerprint density at radius 2 is 1.86 bits per heavy atom. The van der Waals surface area contributed by atoms with Crippen LogP contribution in [0.4, 0.5) is 13.2 Å². The zero-order valence-electron chi connectivity index (χ0n) is 11.7. The van der Waals surface area contributed by atoms with Crippen molar-refractivity contribution in [2.75, 3.05) is 6.54 Å². The van der Waals surface area contributed by atoms with Crippen molar-refractivity contribution in [3.05, 3.63) is 68.9 Å². The lowest BCUT2D eigenvalue weighted by Gasteiger charge is -2.22. The first-order valence-corrected chi connectivity index (χ1v) is 7.37. The van der Waals surface area contributed by atoms with E-state index in [1.165, 1.54) is 24.3 Å². The molecule has 0 radical (unpaired) electrons. The number of halogens is 4. The van der Waals surface area contributed by atoms with Crippen LogP contribution in [0.15, 0.2) is 34.8 Å². The maximum atomic E-state index is 14.3. The lowest BCUT2D eigenvalue weighted by Crippen LogP contribution is -2.25. The van der Waals surface area contributed by atoms with Crippen molar-refractivity contribution in [1.82, 2.24) is 5.32 Å². The average Bonchev–Trinajstić information content (AvgIpc) is 2.45. The molecule has 0 aliphatic carbocycles. The van der Waals surface area contributed by atoms with E-state index in [2.05, 4.69) is 21.2 Å². The third-order valence-corrected chi connectivity index (χ3v) is 3.94. The van der Waals surface area contributed by atoms with Crippen LogP contribution in [0.2, 0.25) is 0 Å². The highest BCUT2D eigenvalue weighted by atomic mass is 79.9. The lowest BCUT2D eigenvalue weighted by atomic mass is 9.94. The normalized spacial score (nSPS) is 12.5. The highest BCUT2D eigenvalue weighted by Gasteiger charge is 2.24. The number of benzene rings is 2. The van der Waals surface area contributed by atoms with Crippen molar-refractivity contribution >= 4 is 15.9 Å². The van der Waals surface area contributed by atoms with E-state index < -0.39 is 23.5 Å². The first-order chi connectivity index (χ1) is 9.95. The minimum absolute atomic E-state index is 0.111. The van der Waals surface area contributed by atoms with E-state index in [0.717, 1.165) is 5.56 Å². The number of hydrogen-bond donors (Lipinski definition) is 1. The van der Waals surface area contributed by atoms with Crippen LogP contribution in [0.3, 0.4) is 0 Å². The summed E-state index contributed by atoms with van der Waals surface area (Å²) < 4.78 is 42.2. The number of nitrogens with one attached hydrogen (secondary N) is 1. The number of hydrogen-bond acceptors (Lipinski definition) is 1. The molecule has 0 saturated carbocycles. The van der Waals surface area contributed by atoms with Gasteiger partial charge < -0.3 is 5.32 Å². The van der Waals surface area contributed by atoms with E-state index in [4.69, 9.17) is 0 Å². The predicted molar refractivity (Wildman–Crippen MR) is 80.7 cm³/mol. The third kappa shape index (κ3) is 3.30. The summed E-state index contributed by atoms with van der Waals surface area (Å²) in [6.45, 7) is 4.11. The fraction of sp³-hybridized carbons (Fsp3) is 0.250. The Kier molecular flexibility index (Phi) is 5.06. The van der Waals surface area contributed by atoms with Gasteiger partial charge in [0.2, 0.25) is 0 Å². The first kappa shape index (κ1) is 16.0. The Morgan fingerprint density at radius 3 is 2.52 bits per heavy atom. The molecule has 0 bridgehead atoms. The predicted octanol–water partition coefficient (Wildman–Crippen LogP) is 4.87. The zero-order valence-corrected chi connectivity index (χ0v) is 13.3. The van der Waals surface area contributed by atoms with Crippen LogP contribution in [0.25, 0.3) is 0 Å². The summed E-state index contributed by atoms with van der Waals surface area (Å²) >= 11 is 3.06. The molecule has 0 spiro atoms. The summed E-state index contributed by atoms with van der Waals surface area (Å²) in [5, 5.41) is 3.02. The quantitative estimate of drug-likeness (QED) is 0.769. The van der Waals surface area contributed by atoms with Gasteiger partial charge in [-0.2, -0.15) is 0 Å². The summed E-state index contributed by atoms with van der Waals surface area (Å²) in [4.78, 5) is 0. The summed E-state index contributed by atoms with van der Waals surface area (Å²) in [5.41, 5.74) is 1.17. The molecule has 0 aliphatic rings. The SMILES string of the molecule is CCNC(c1cc(F)ccc1C)c1c(F)ccc(Br)c1F. The largest absolute Gasteiger partial charge is 0.306 e. The van der Waals surface area contributed by atoms with Gasteiger partial charge in [0.25, 0.3) is 0 Å². The molecule has 1 nitrogen and oxygen atoms in total. The van der Waals surface area contributed by atoms with Crippen LogP contribution < -0.4 is 5.32 Å². The van der Waals surface area contributed by atoms with Crippen LogP contribution in [-0.4, -0.2) is 6.54 Å². The van der Waals surface area contributed by atoms with Crippen molar-refractivity contribution in [3.63, 3.8) is 0 Å². The summed E-state index contributed by atoms with van der Waals surface area (Å²) in [7, 11) is 0. The van der Waals surface area contributed by atoms with Crippen LogP contribution in [0.5, 0.6) is 0 Å². The number of aryl methyl sites for hydroxylation is 1. The Labute approximate surface area is 130 Å². The Morgan fingerprint density at radius 1 is 1.14 bits per heavy atom. The molecule has 0 aliphatic heterocycles. The Hall–Kier alpha value is -1.33. The lowest BCUT2D eigenvalue weighted by molar-refractivity contribution is 0.504. The summed E-state index contributed by atoms with van der Waals surface area (Å²) in [6, 6.07) is 6.00. The second-order valence-electron chi connectivity index (χ2n) is 4.75. The molecule has 112 valence electrons. The molecule has 1 N–H and O–H groups in total. The van der Waals surface area contributed by atoms with Crippen LogP contribution >= 0.6 is 15.9 Å². The van der Waals surface area contributed by atoms with Gasteiger partial charge in [0.1, 0.15) is 17.5 Å². The molecule has 0 fully saturated rings. The number of rotatable bonds is 4. The second-order valence-corrected chi connectivity index (χ2v) is 5.60. The molecular formula is C16H15BrF3N. The average molecular weight is 358 g/mol. The Balaban J connectivity index is 2.64. The van der Waals surface area contributed by atoms with Gasteiger partial charge in [-0.3, -0.25) is 0 Å². The van der Waals surface area contributed by atoms with Crippen molar-refractivity contribution in [2.45, 2.75) is 19.9 Å². The Bertz CT molecular complexity index is 658. The molecule has 0 saturated heterocycles. The van der Waals surface area contributed by atoms with E-state index in [-0.39, 0.29) is 10.0 Å². The summed E-state index contributed by atoms with van der Waals surface area (Å²) in [5.74, 6) is -1.77. The standard InChI is InChI=1S/C16H15BrF3N/c1-3-21-16(11-8-10(18)5-4-9(11)2)14-13(19)7-6-12(17)15(14)20/h4-8,16,21H,3H2,1-2H3. The molecule has 0 heterocycles. The monoisotopic (exact) mass is 357 g/mol. The second kappa shape index (κ2) is 6.62. The van der Waals surface area contributed by atoms with Crippen molar-refractivity contribution in [1.29, 1.82) is 0 Å². The topological polar surface area (TPSA) is 12.0 Å². The molecule has 0 aromatic heterocycles. The van der Waals surface area contributed by atoms with E-state index >= 15 is 0 Å². The zero-order chi connectivity index (χ0) is 15.6. The van der Waals surface area contributed by atoms with Crippen molar-refractivity contribution in [3.8, 4) is 0 Å². The molecule has 2 aromatic rings. The van der Waals surface area contributed by atoms with E-state index in [1.807, 2.05) is 6.92 Å². The highest BCUT2D eigenvalue weighted by Crippen LogP contribution is 2.32. The van der Waals surface area contributed by atoms with E-state index in [0.29, 0.717) is 12.1 Å². The van der Waals surface area contributed by atoms with Gasteiger partial charge in [0.05, 0.1) is 10.5 Å². The van der Waals surface area contributed by atoms with E-state index in [1.54, 1.807) is 13.0 Å². The van der Waals surface area contributed by atoms with Crippen molar-refractivity contribution in [2.24, 2.45) is 0 Å². The van der Waals surface area contributed by atoms with Gasteiger partial charge in [0.15, 0.2) is 0 Å². The van der Waals surface area contributed by atoms with Crippen LogP contribution in [-0.2, 0) is 0 Å². The van der Waals surface area contributed by atoms with Gasteiger partial charge in [0, 0.05) is 5.56 Å². The summed E-state index contributed by atoms with van der Waals surface area (Å²) in [6.07, 6.45) is 0. The van der Waals surface area contributed by atoms with Crippen molar-refractivity contribution < 1.29 is 13.2 Å². The van der Waals surface area contributed by atoms with Gasteiger partial charge in [-0.05, 0) is 64.8 Å². The van der Waals surface area contributed by atoms with E-state index in [9.17, 15) is 13.2 Å². The fourth-order valence-corrected chi connectivity index (χ4v) is 2.65. The molecule has 2 aromatic carbocycles. The van der Waals surface area contributed by atoms with Gasteiger partial charge in [-0.15, -0.1) is 0 Å². The highest BCUT2D eigenvalue weighted by molar-refractivity contribution is 9.10. The maximum absolute atomic E-state index is 14.3. The fourth-order valence-electron chi connectivity index (χ4n) is 2.30. The molecule has 1 atom stereocenters. The van der Waals surface area contributed by atoms with Crippen LogP contribution in [0.1, 0.15) is 29.7 Å². The molecular weight excluding hydrogens is 343 g/mol. The van der Waals surface area contributed by atoms with Gasteiger partial charge in [-0.25, -0.2) is 13.2 Å². The molecule has 0 amide bonds. The van der Waals surface area contributed by atoms with Crippen LogP contribution in [0, 0.1) is 24.4 Å². The minimum Gasteiger partial charge on any atom is -0.306 e. The minimum atomic E-state index is -0.747. The third-order valence-electron chi connectivity index (χ3n) is 3.33.